The van der Waals surface area contributed by atoms with Crippen molar-refractivity contribution < 1.29 is 4.74 Å². The van der Waals surface area contributed by atoms with Crippen LogP contribution in [0.4, 0.5) is 5.95 Å². The van der Waals surface area contributed by atoms with Gasteiger partial charge in [0.1, 0.15) is 12.1 Å². The maximum absolute atomic E-state index is 6.33. The largest absolute Gasteiger partial charge is 0.474 e. The van der Waals surface area contributed by atoms with Crippen molar-refractivity contribution in [3.63, 3.8) is 0 Å². The number of hydrogen-bond acceptors (Lipinski definition) is 6. The summed E-state index contributed by atoms with van der Waals surface area (Å²) in [5, 5.41) is 0. The molecule has 7 heteroatoms. The van der Waals surface area contributed by atoms with Crippen LogP contribution in [-0.4, -0.2) is 63.2 Å². The Morgan fingerprint density at radius 2 is 2.04 bits per heavy atom. The fraction of sp³-hybridized carbons (Fsp3) is 0.737. The van der Waals surface area contributed by atoms with Crippen LogP contribution in [0.15, 0.2) is 6.33 Å². The molecular weight excluding hydrogens is 328 g/mol. The Morgan fingerprint density at radius 3 is 2.85 bits per heavy atom. The Morgan fingerprint density at radius 1 is 1.19 bits per heavy atom. The first-order chi connectivity index (χ1) is 12.7. The van der Waals surface area contributed by atoms with Gasteiger partial charge < -0.3 is 14.6 Å². The topological polar surface area (TPSA) is 70.2 Å². The molecule has 3 fully saturated rings. The lowest BCUT2D eigenvalue weighted by Gasteiger charge is -2.32. The summed E-state index contributed by atoms with van der Waals surface area (Å²) < 4.78 is 6.33. The first kappa shape index (κ1) is 16.3. The van der Waals surface area contributed by atoms with Gasteiger partial charge in [0, 0.05) is 13.1 Å². The minimum Gasteiger partial charge on any atom is -0.474 e. The summed E-state index contributed by atoms with van der Waals surface area (Å²) in [6, 6.07) is 0. The molecule has 5 rings (SSSR count). The lowest BCUT2D eigenvalue weighted by Crippen LogP contribution is -2.43. The zero-order valence-electron chi connectivity index (χ0n) is 15.6. The number of piperidine rings is 1. The molecule has 26 heavy (non-hydrogen) atoms. The summed E-state index contributed by atoms with van der Waals surface area (Å²) in [4.78, 5) is 21.9. The molecule has 3 aliphatic rings. The van der Waals surface area contributed by atoms with E-state index in [1.54, 1.807) is 6.33 Å². The summed E-state index contributed by atoms with van der Waals surface area (Å²) in [7, 11) is 0. The molecule has 0 amide bonds. The van der Waals surface area contributed by atoms with Crippen molar-refractivity contribution in [2.75, 3.05) is 37.7 Å². The number of nitrogens with zero attached hydrogens (tertiary/aromatic N) is 5. The van der Waals surface area contributed by atoms with E-state index in [1.807, 2.05) is 0 Å². The third kappa shape index (κ3) is 2.73. The normalized spacial score (nSPS) is 25.7. The van der Waals surface area contributed by atoms with Crippen molar-refractivity contribution in [1.82, 2.24) is 24.8 Å². The molecule has 140 valence electrons. The number of imidazole rings is 1. The smallest absolute Gasteiger partial charge is 0.245 e. The summed E-state index contributed by atoms with van der Waals surface area (Å²) in [5.74, 6) is 2.10. The van der Waals surface area contributed by atoms with Crippen LogP contribution in [0.1, 0.15) is 45.4 Å². The van der Waals surface area contributed by atoms with Crippen LogP contribution in [0.2, 0.25) is 0 Å². The number of fused-ring (bicyclic) bond motifs is 2. The molecule has 5 heterocycles. The predicted octanol–water partition coefficient (Wildman–Crippen LogP) is 2.60. The highest BCUT2D eigenvalue weighted by Gasteiger charge is 2.45. The first-order valence-corrected chi connectivity index (χ1v) is 10.1. The second kappa shape index (κ2) is 6.37. The molecule has 3 saturated heterocycles. The molecule has 2 aromatic heterocycles. The van der Waals surface area contributed by atoms with E-state index in [4.69, 9.17) is 9.72 Å². The Labute approximate surface area is 154 Å². The third-order valence-corrected chi connectivity index (χ3v) is 6.47. The van der Waals surface area contributed by atoms with Gasteiger partial charge in [0.2, 0.25) is 11.8 Å². The standard InChI is InChI=1S/C19H28N6O/c1-14-5-2-8-24(11-14)18-22-16-15(20-13-21-16)17(23-18)26-12-19-6-3-9-25(19)10-4-7-19/h13-14H,2-12H2,1H3,(H,20,21,22,23). The summed E-state index contributed by atoms with van der Waals surface area (Å²) in [5.41, 5.74) is 1.74. The van der Waals surface area contributed by atoms with Gasteiger partial charge in [-0.25, -0.2) is 4.98 Å². The molecule has 0 spiro atoms. The van der Waals surface area contributed by atoms with Gasteiger partial charge >= 0.3 is 0 Å². The molecular formula is C19H28N6O. The van der Waals surface area contributed by atoms with Crippen molar-refractivity contribution in [3.8, 4) is 5.88 Å². The van der Waals surface area contributed by atoms with Crippen LogP contribution in [-0.2, 0) is 0 Å². The highest BCUT2D eigenvalue weighted by Crippen LogP contribution is 2.39. The highest BCUT2D eigenvalue weighted by molar-refractivity contribution is 5.77. The van der Waals surface area contributed by atoms with E-state index in [1.165, 1.54) is 51.6 Å². The van der Waals surface area contributed by atoms with Crippen LogP contribution in [0.3, 0.4) is 0 Å². The maximum Gasteiger partial charge on any atom is 0.245 e. The lowest BCUT2D eigenvalue weighted by molar-refractivity contribution is 0.111. The van der Waals surface area contributed by atoms with E-state index in [0.29, 0.717) is 24.1 Å². The molecule has 0 saturated carbocycles. The molecule has 1 N–H and O–H groups in total. The highest BCUT2D eigenvalue weighted by atomic mass is 16.5. The molecule has 3 aliphatic heterocycles. The first-order valence-electron chi connectivity index (χ1n) is 10.1. The number of rotatable bonds is 4. The second-order valence-corrected chi connectivity index (χ2v) is 8.33. The Balaban J connectivity index is 1.42. The summed E-state index contributed by atoms with van der Waals surface area (Å²) in [6.07, 6.45) is 9.19. The van der Waals surface area contributed by atoms with E-state index in [-0.39, 0.29) is 5.54 Å². The molecule has 1 atom stereocenters. The predicted molar refractivity (Wildman–Crippen MR) is 101 cm³/mol. The molecule has 7 nitrogen and oxygen atoms in total. The van der Waals surface area contributed by atoms with Gasteiger partial charge in [-0.3, -0.25) is 4.90 Å². The summed E-state index contributed by atoms with van der Waals surface area (Å²) in [6.45, 7) is 7.45. The third-order valence-electron chi connectivity index (χ3n) is 6.47. The monoisotopic (exact) mass is 356 g/mol. The minimum absolute atomic E-state index is 0.219. The van der Waals surface area contributed by atoms with Gasteiger partial charge in [-0.05, 0) is 57.5 Å². The van der Waals surface area contributed by atoms with Crippen LogP contribution >= 0.6 is 0 Å². The zero-order chi connectivity index (χ0) is 17.6. The zero-order valence-corrected chi connectivity index (χ0v) is 15.6. The molecule has 1 unspecified atom stereocenters. The quantitative estimate of drug-likeness (QED) is 0.908. The van der Waals surface area contributed by atoms with Crippen molar-refractivity contribution in [1.29, 1.82) is 0 Å². The number of ether oxygens (including phenoxy) is 1. The van der Waals surface area contributed by atoms with Gasteiger partial charge in [0.25, 0.3) is 0 Å². The van der Waals surface area contributed by atoms with E-state index in [9.17, 15) is 0 Å². The average molecular weight is 356 g/mol. The number of aromatic nitrogens is 4. The SMILES string of the molecule is CC1CCCN(c2nc(OCC34CCCN3CCC4)c3[nH]cnc3n2)C1. The van der Waals surface area contributed by atoms with Gasteiger partial charge in [-0.1, -0.05) is 6.92 Å². The van der Waals surface area contributed by atoms with Crippen LogP contribution in [0.25, 0.3) is 11.2 Å². The maximum atomic E-state index is 6.33. The Hall–Kier alpha value is -1.89. The van der Waals surface area contributed by atoms with Crippen LogP contribution in [0.5, 0.6) is 5.88 Å². The van der Waals surface area contributed by atoms with E-state index >= 15 is 0 Å². The van der Waals surface area contributed by atoms with Crippen molar-refractivity contribution >= 4 is 17.1 Å². The number of hydrogen-bond donors (Lipinski definition) is 1. The number of aromatic amines is 1. The molecule has 0 aliphatic carbocycles. The van der Waals surface area contributed by atoms with Gasteiger partial charge in [-0.2, -0.15) is 9.97 Å². The van der Waals surface area contributed by atoms with Crippen molar-refractivity contribution in [3.05, 3.63) is 6.33 Å². The lowest BCUT2D eigenvalue weighted by atomic mass is 9.95. The molecule has 2 aromatic rings. The van der Waals surface area contributed by atoms with Gasteiger partial charge in [0.15, 0.2) is 5.65 Å². The Kier molecular flexibility index (Phi) is 3.99. The summed E-state index contributed by atoms with van der Waals surface area (Å²) >= 11 is 0. The van der Waals surface area contributed by atoms with Crippen molar-refractivity contribution in [2.24, 2.45) is 5.92 Å². The van der Waals surface area contributed by atoms with E-state index in [0.717, 1.165) is 24.6 Å². The minimum atomic E-state index is 0.219. The average Bonchev–Trinajstić information content (AvgIpc) is 3.34. The van der Waals surface area contributed by atoms with Gasteiger partial charge in [0.05, 0.1) is 11.9 Å². The molecule has 0 bridgehead atoms. The van der Waals surface area contributed by atoms with Crippen molar-refractivity contribution in [2.45, 2.75) is 51.0 Å². The molecule has 0 radical (unpaired) electrons. The second-order valence-electron chi connectivity index (χ2n) is 8.33. The van der Waals surface area contributed by atoms with E-state index < -0.39 is 0 Å². The number of anilines is 1. The molecule has 0 aromatic carbocycles. The van der Waals surface area contributed by atoms with E-state index in [2.05, 4.69) is 31.7 Å². The fourth-order valence-corrected chi connectivity index (χ4v) is 5.08. The van der Waals surface area contributed by atoms with Gasteiger partial charge in [-0.15, -0.1) is 0 Å². The fourth-order valence-electron chi connectivity index (χ4n) is 5.08. The van der Waals surface area contributed by atoms with Crippen LogP contribution < -0.4 is 9.64 Å². The Bertz CT molecular complexity index is 779. The number of H-pyrrole nitrogens is 1. The van der Waals surface area contributed by atoms with Crippen LogP contribution in [0, 0.1) is 5.92 Å². The number of nitrogens with one attached hydrogen (secondary N) is 1.